The molecule has 1 aliphatic heterocycles. The quantitative estimate of drug-likeness (QED) is 0.720. The standard InChI is InChI=1S/C19H20N4O3/c1-3-26-18(24)11-22-19(25)23-13-6-7-17-14(9-13)15(10-21-17)12(2)16-5-4-8-20-16/h4-10,20H,3,11H2,1-2H3,(H2,22,23,25). The molecular weight excluding hydrogens is 332 g/mol. The van der Waals surface area contributed by atoms with Crippen molar-refractivity contribution in [3.05, 3.63) is 47.8 Å². The van der Waals surface area contributed by atoms with Crippen LogP contribution in [0.25, 0.3) is 11.1 Å². The molecule has 134 valence electrons. The zero-order chi connectivity index (χ0) is 18.5. The highest BCUT2D eigenvalue weighted by Crippen LogP contribution is 2.37. The average Bonchev–Trinajstić information content (AvgIpc) is 3.29. The fourth-order valence-electron chi connectivity index (χ4n) is 2.69. The Balaban J connectivity index is 1.73. The Morgan fingerprint density at radius 3 is 2.85 bits per heavy atom. The molecule has 2 heterocycles. The maximum atomic E-state index is 11.9. The Kier molecular flexibility index (Phi) is 5.17. The van der Waals surface area contributed by atoms with E-state index >= 15 is 0 Å². The highest BCUT2D eigenvalue weighted by molar-refractivity contribution is 6.24. The van der Waals surface area contributed by atoms with Gasteiger partial charge in [0.1, 0.15) is 6.54 Å². The molecular formula is C19H20N4O3. The number of urea groups is 1. The van der Waals surface area contributed by atoms with Crippen molar-refractivity contribution in [1.82, 2.24) is 10.3 Å². The monoisotopic (exact) mass is 352 g/mol. The van der Waals surface area contributed by atoms with Gasteiger partial charge in [0.05, 0.1) is 12.3 Å². The molecule has 0 atom stereocenters. The first-order chi connectivity index (χ1) is 12.6. The highest BCUT2D eigenvalue weighted by atomic mass is 16.5. The van der Waals surface area contributed by atoms with Crippen molar-refractivity contribution >= 4 is 40.7 Å². The van der Waals surface area contributed by atoms with Crippen molar-refractivity contribution in [1.29, 1.82) is 0 Å². The fraction of sp³-hybridized carbons (Fsp3) is 0.211. The summed E-state index contributed by atoms with van der Waals surface area (Å²) in [5.41, 5.74) is 5.50. The minimum absolute atomic E-state index is 0.176. The van der Waals surface area contributed by atoms with E-state index in [4.69, 9.17) is 4.74 Å². The number of H-pyrrole nitrogens is 1. The summed E-state index contributed by atoms with van der Waals surface area (Å²) in [4.78, 5) is 30.9. The van der Waals surface area contributed by atoms with E-state index in [0.29, 0.717) is 5.69 Å². The zero-order valence-corrected chi connectivity index (χ0v) is 14.6. The van der Waals surface area contributed by atoms with Crippen LogP contribution in [-0.2, 0) is 9.53 Å². The molecule has 1 aromatic carbocycles. The van der Waals surface area contributed by atoms with Crippen molar-refractivity contribution < 1.29 is 14.3 Å². The van der Waals surface area contributed by atoms with Crippen LogP contribution in [0.3, 0.4) is 0 Å². The van der Waals surface area contributed by atoms with E-state index in [1.165, 1.54) is 0 Å². The molecule has 2 aromatic rings. The number of esters is 1. The van der Waals surface area contributed by atoms with E-state index in [1.54, 1.807) is 13.0 Å². The molecule has 0 aliphatic carbocycles. The third-order valence-corrected chi connectivity index (χ3v) is 3.98. The molecule has 3 rings (SSSR count). The predicted octanol–water partition coefficient (Wildman–Crippen LogP) is 3.35. The molecule has 1 aromatic heterocycles. The zero-order valence-electron chi connectivity index (χ0n) is 14.6. The summed E-state index contributed by atoms with van der Waals surface area (Å²) < 4.78 is 4.77. The number of amides is 2. The first-order valence-electron chi connectivity index (χ1n) is 8.32. The first-order valence-corrected chi connectivity index (χ1v) is 8.32. The van der Waals surface area contributed by atoms with E-state index < -0.39 is 12.0 Å². The number of nitrogens with zero attached hydrogens (tertiary/aromatic N) is 1. The average molecular weight is 352 g/mol. The number of allylic oxidation sites excluding steroid dienone is 2. The topological polar surface area (TPSA) is 95.6 Å². The van der Waals surface area contributed by atoms with Gasteiger partial charge in [-0.15, -0.1) is 0 Å². The lowest BCUT2D eigenvalue weighted by molar-refractivity contribution is -0.141. The number of anilines is 1. The van der Waals surface area contributed by atoms with Gasteiger partial charge in [-0.05, 0) is 49.8 Å². The van der Waals surface area contributed by atoms with Crippen LogP contribution in [0, 0.1) is 0 Å². The van der Waals surface area contributed by atoms with E-state index in [-0.39, 0.29) is 13.2 Å². The predicted molar refractivity (Wildman–Crippen MR) is 102 cm³/mol. The van der Waals surface area contributed by atoms with Crippen LogP contribution in [-0.4, -0.2) is 36.4 Å². The van der Waals surface area contributed by atoms with Crippen LogP contribution in [0.2, 0.25) is 0 Å². The summed E-state index contributed by atoms with van der Waals surface area (Å²) in [6, 6.07) is 8.96. The molecule has 0 saturated heterocycles. The Bertz CT molecular complexity index is 882. The number of rotatable bonds is 5. The van der Waals surface area contributed by atoms with Gasteiger partial charge < -0.3 is 20.4 Å². The van der Waals surface area contributed by atoms with Gasteiger partial charge in [-0.1, -0.05) is 0 Å². The minimum Gasteiger partial charge on any atom is -0.465 e. The highest BCUT2D eigenvalue weighted by Gasteiger charge is 2.17. The van der Waals surface area contributed by atoms with Crippen molar-refractivity contribution in [3.63, 3.8) is 0 Å². The SMILES string of the molecule is CCOC(=O)CNC(=O)Nc1ccc2c(c1)C(=C(C)c1ccc[nH]1)C=N2. The molecule has 0 unspecified atom stereocenters. The van der Waals surface area contributed by atoms with Crippen LogP contribution in [0.1, 0.15) is 25.1 Å². The summed E-state index contributed by atoms with van der Waals surface area (Å²) in [5, 5.41) is 5.19. The van der Waals surface area contributed by atoms with E-state index in [2.05, 4.69) is 20.6 Å². The largest absolute Gasteiger partial charge is 0.465 e. The number of ether oxygens (including phenoxy) is 1. The number of carbonyl (C=O) groups is 2. The summed E-state index contributed by atoms with van der Waals surface area (Å²) in [6.45, 7) is 3.84. The van der Waals surface area contributed by atoms with Crippen LogP contribution in [0.4, 0.5) is 16.2 Å². The minimum atomic E-state index is -0.475. The molecule has 0 radical (unpaired) electrons. The number of aromatic nitrogens is 1. The summed E-state index contributed by atoms with van der Waals surface area (Å²) >= 11 is 0. The number of hydrogen-bond donors (Lipinski definition) is 3. The molecule has 2 amide bonds. The maximum Gasteiger partial charge on any atom is 0.325 e. The van der Waals surface area contributed by atoms with Gasteiger partial charge in [-0.3, -0.25) is 9.79 Å². The second-order valence-corrected chi connectivity index (χ2v) is 5.73. The molecule has 0 bridgehead atoms. The van der Waals surface area contributed by atoms with Crippen molar-refractivity contribution in [2.75, 3.05) is 18.5 Å². The Morgan fingerprint density at radius 1 is 1.27 bits per heavy atom. The summed E-state index contributed by atoms with van der Waals surface area (Å²) in [6.07, 6.45) is 3.70. The Labute approximate surface area is 151 Å². The number of benzene rings is 1. The normalized spacial score (nSPS) is 13.9. The van der Waals surface area contributed by atoms with Gasteiger partial charge in [0.25, 0.3) is 0 Å². The van der Waals surface area contributed by atoms with Gasteiger partial charge in [0.15, 0.2) is 0 Å². The van der Waals surface area contributed by atoms with Crippen LogP contribution >= 0.6 is 0 Å². The fourth-order valence-corrected chi connectivity index (χ4v) is 2.69. The molecule has 7 nitrogen and oxygen atoms in total. The lowest BCUT2D eigenvalue weighted by Gasteiger charge is -2.10. The number of aliphatic imine (C=N–C) groups is 1. The third kappa shape index (κ3) is 3.83. The number of aromatic amines is 1. The summed E-state index contributed by atoms with van der Waals surface area (Å²) in [7, 11) is 0. The van der Waals surface area contributed by atoms with Gasteiger partial charge in [0, 0.05) is 34.9 Å². The molecule has 26 heavy (non-hydrogen) atoms. The second-order valence-electron chi connectivity index (χ2n) is 5.73. The number of fused-ring (bicyclic) bond motifs is 1. The van der Waals surface area contributed by atoms with Crippen LogP contribution < -0.4 is 10.6 Å². The van der Waals surface area contributed by atoms with Crippen LogP contribution in [0.5, 0.6) is 0 Å². The molecule has 7 heteroatoms. The van der Waals surface area contributed by atoms with Crippen LogP contribution in [0.15, 0.2) is 41.5 Å². The van der Waals surface area contributed by atoms with E-state index in [1.807, 2.05) is 43.6 Å². The van der Waals surface area contributed by atoms with Crippen molar-refractivity contribution in [2.45, 2.75) is 13.8 Å². The lowest BCUT2D eigenvalue weighted by Crippen LogP contribution is -2.34. The number of carbonyl (C=O) groups excluding carboxylic acids is 2. The van der Waals surface area contributed by atoms with Crippen molar-refractivity contribution in [3.8, 4) is 0 Å². The molecule has 1 aliphatic rings. The van der Waals surface area contributed by atoms with Gasteiger partial charge in [-0.25, -0.2) is 4.79 Å². The molecule has 0 spiro atoms. The smallest absolute Gasteiger partial charge is 0.325 e. The van der Waals surface area contributed by atoms with Gasteiger partial charge >= 0.3 is 12.0 Å². The van der Waals surface area contributed by atoms with E-state index in [0.717, 1.165) is 28.1 Å². The van der Waals surface area contributed by atoms with Gasteiger partial charge in [-0.2, -0.15) is 0 Å². The summed E-state index contributed by atoms with van der Waals surface area (Å²) in [5.74, 6) is -0.475. The maximum absolute atomic E-state index is 11.9. The molecule has 3 N–H and O–H groups in total. The third-order valence-electron chi connectivity index (χ3n) is 3.98. The van der Waals surface area contributed by atoms with Crippen molar-refractivity contribution in [2.24, 2.45) is 4.99 Å². The second kappa shape index (κ2) is 7.69. The molecule has 0 saturated carbocycles. The Hall–Kier alpha value is -3.35. The van der Waals surface area contributed by atoms with Gasteiger partial charge in [0.2, 0.25) is 0 Å². The Morgan fingerprint density at radius 2 is 2.12 bits per heavy atom. The lowest BCUT2D eigenvalue weighted by atomic mass is 10.00. The number of nitrogens with one attached hydrogen (secondary N) is 3. The van der Waals surface area contributed by atoms with E-state index in [9.17, 15) is 9.59 Å². The molecule has 0 fully saturated rings. The first kappa shape index (κ1) is 17.5. The number of hydrogen-bond acceptors (Lipinski definition) is 4.